The van der Waals surface area contributed by atoms with Crippen LogP contribution in [0.4, 0.5) is 35.1 Å². The lowest BCUT2D eigenvalue weighted by Crippen LogP contribution is -2.53. The Morgan fingerprint density at radius 3 is 1.95 bits per heavy atom. The molecule has 1 aromatic heterocycles. The van der Waals surface area contributed by atoms with E-state index >= 15 is 0 Å². The molecule has 3 rings (SSSR count). The van der Waals surface area contributed by atoms with Crippen LogP contribution in [0.5, 0.6) is 5.75 Å². The summed E-state index contributed by atoms with van der Waals surface area (Å²) < 4.78 is 111. The second-order valence-electron chi connectivity index (χ2n) is 8.50. The van der Waals surface area contributed by atoms with E-state index in [4.69, 9.17) is 0 Å². The largest absolute Gasteiger partial charge is 0.619 e. The van der Waals surface area contributed by atoms with Gasteiger partial charge >= 0.3 is 19.0 Å². The van der Waals surface area contributed by atoms with Crippen molar-refractivity contribution >= 4 is 0 Å². The molecule has 0 amide bonds. The van der Waals surface area contributed by atoms with Crippen molar-refractivity contribution in [1.82, 2.24) is 0 Å². The van der Waals surface area contributed by atoms with Crippen molar-refractivity contribution in [3.8, 4) is 5.75 Å². The molecule has 0 spiro atoms. The lowest BCUT2D eigenvalue weighted by molar-refractivity contribution is -0.605. The number of nitrogens with zero attached hydrogens (tertiary/aromatic N) is 1. The smallest absolute Gasteiger partial charge is 0.430 e. The molecule has 1 unspecified atom stereocenters. The number of benzene rings is 2. The molecule has 0 saturated heterocycles. The van der Waals surface area contributed by atoms with Crippen LogP contribution >= 0.6 is 0 Å². The summed E-state index contributed by atoms with van der Waals surface area (Å²) in [5.41, 5.74) is -4.34. The maximum Gasteiger partial charge on any atom is 0.430 e. The van der Waals surface area contributed by atoms with Crippen LogP contribution in [0.3, 0.4) is 0 Å². The highest BCUT2D eigenvalue weighted by Crippen LogP contribution is 2.50. The first kappa shape index (κ1) is 28.2. The molecule has 0 saturated carbocycles. The summed E-state index contributed by atoms with van der Waals surface area (Å²) in [5.74, 6) is -0.902. The molecular weight excluding hydrogens is 514 g/mol. The molecule has 1 N–H and O–H groups in total. The number of ether oxygens (including phenoxy) is 1. The third kappa shape index (κ3) is 5.79. The summed E-state index contributed by atoms with van der Waals surface area (Å²) in [5, 5.41) is 21.2. The number of pyridine rings is 1. The van der Waals surface area contributed by atoms with Crippen LogP contribution < -0.4 is 9.47 Å². The van der Waals surface area contributed by atoms with Crippen molar-refractivity contribution in [2.24, 2.45) is 0 Å². The van der Waals surface area contributed by atoms with E-state index in [1.54, 1.807) is 13.0 Å². The van der Waals surface area contributed by atoms with E-state index in [0.717, 1.165) is 12.1 Å². The molecule has 37 heavy (non-hydrogen) atoms. The number of aliphatic hydroxyl groups is 1. The molecule has 1 atom stereocenters. The van der Waals surface area contributed by atoms with Crippen molar-refractivity contribution in [2.75, 3.05) is 0 Å². The van der Waals surface area contributed by atoms with Gasteiger partial charge in [0.25, 0.3) is 5.60 Å². The molecule has 0 bridgehead atoms. The van der Waals surface area contributed by atoms with Gasteiger partial charge in [0.2, 0.25) is 0 Å². The minimum atomic E-state index is -6.04. The summed E-state index contributed by atoms with van der Waals surface area (Å²) >= 11 is 0. The first-order valence-electron chi connectivity index (χ1n) is 10.7. The van der Waals surface area contributed by atoms with E-state index < -0.39 is 36.0 Å². The SMILES string of the molecule is Cc1c[n+]([O-])ccc1CC(c1ccc(C(O)(C(F)(F)F)C(F)(F)F)cc1)c1ccc(C)c(OC(F)F)c1. The number of rotatable bonds is 7. The standard InChI is InChI=1S/C25H21F8NO3/c1-14-3-4-18(12-21(14)37-22(26)27)20(11-17-9-10-34(36)13-15(17)2)16-5-7-19(8-6-16)23(35,24(28,29)30)25(31,32)33/h3-10,12-13,20,22,35H,11H2,1-2H3. The fourth-order valence-electron chi connectivity index (χ4n) is 3.99. The highest BCUT2D eigenvalue weighted by atomic mass is 19.4. The van der Waals surface area contributed by atoms with Gasteiger partial charge in [-0.2, -0.15) is 39.9 Å². The predicted molar refractivity (Wildman–Crippen MR) is 116 cm³/mol. The second-order valence-corrected chi connectivity index (χ2v) is 8.50. The molecular formula is C25H21F8NO3. The third-order valence-corrected chi connectivity index (χ3v) is 6.06. The normalized spacial score (nSPS) is 13.6. The molecule has 12 heteroatoms. The summed E-state index contributed by atoms with van der Waals surface area (Å²) in [7, 11) is 0. The van der Waals surface area contributed by atoms with Crippen molar-refractivity contribution in [3.63, 3.8) is 0 Å². The van der Waals surface area contributed by atoms with Crippen LogP contribution in [0.1, 0.15) is 39.3 Å². The quantitative estimate of drug-likeness (QED) is 0.222. The van der Waals surface area contributed by atoms with Crippen LogP contribution in [0.25, 0.3) is 0 Å². The fourth-order valence-corrected chi connectivity index (χ4v) is 3.99. The molecule has 1 heterocycles. The van der Waals surface area contributed by atoms with E-state index in [1.165, 1.54) is 37.5 Å². The number of halogens is 8. The average Bonchev–Trinajstić information content (AvgIpc) is 2.78. The van der Waals surface area contributed by atoms with Gasteiger partial charge in [0.1, 0.15) is 5.75 Å². The fraction of sp³-hybridized carbons (Fsp3) is 0.320. The number of aromatic nitrogens is 1. The van der Waals surface area contributed by atoms with Crippen LogP contribution in [0, 0.1) is 19.1 Å². The summed E-state index contributed by atoms with van der Waals surface area (Å²) in [6.07, 6.45) is -9.47. The van der Waals surface area contributed by atoms with Gasteiger partial charge in [-0.05, 0) is 48.6 Å². The monoisotopic (exact) mass is 535 g/mol. The Hall–Kier alpha value is -3.41. The first-order chi connectivity index (χ1) is 17.0. The van der Waals surface area contributed by atoms with Gasteiger partial charge in [-0.3, -0.25) is 0 Å². The summed E-state index contributed by atoms with van der Waals surface area (Å²) in [6.45, 7) is 0.0317. The van der Waals surface area contributed by atoms with Crippen LogP contribution in [-0.2, 0) is 12.0 Å². The summed E-state index contributed by atoms with van der Waals surface area (Å²) in [4.78, 5) is 0. The first-order valence-corrected chi connectivity index (χ1v) is 10.7. The van der Waals surface area contributed by atoms with Crippen molar-refractivity contribution in [1.29, 1.82) is 0 Å². The molecule has 4 nitrogen and oxygen atoms in total. The Bertz CT molecular complexity index is 1230. The lowest BCUT2D eigenvalue weighted by Gasteiger charge is -2.33. The van der Waals surface area contributed by atoms with Crippen molar-refractivity contribution in [3.05, 3.63) is 99.5 Å². The topological polar surface area (TPSA) is 56.4 Å². The zero-order chi connectivity index (χ0) is 27.8. The van der Waals surface area contributed by atoms with Gasteiger partial charge in [0.15, 0.2) is 12.4 Å². The van der Waals surface area contributed by atoms with Gasteiger partial charge in [-0.1, -0.05) is 36.4 Å². The highest BCUT2D eigenvalue weighted by Gasteiger charge is 2.71. The van der Waals surface area contributed by atoms with Gasteiger partial charge in [-0.15, -0.1) is 0 Å². The zero-order valence-electron chi connectivity index (χ0n) is 19.4. The summed E-state index contributed by atoms with van der Waals surface area (Å²) in [6, 6.07) is 8.93. The minimum absolute atomic E-state index is 0.117. The number of aryl methyl sites for hydroxylation is 2. The van der Waals surface area contributed by atoms with Crippen LogP contribution in [0.2, 0.25) is 0 Å². The Morgan fingerprint density at radius 2 is 1.43 bits per heavy atom. The molecule has 0 radical (unpaired) electrons. The Kier molecular flexibility index (Phi) is 7.73. The molecule has 0 fully saturated rings. The maximum atomic E-state index is 13.3. The number of alkyl halides is 8. The van der Waals surface area contributed by atoms with E-state index in [0.29, 0.717) is 39.1 Å². The van der Waals surface area contributed by atoms with Crippen LogP contribution in [0.15, 0.2) is 60.9 Å². The van der Waals surface area contributed by atoms with E-state index in [9.17, 15) is 45.4 Å². The Morgan fingerprint density at radius 1 is 0.865 bits per heavy atom. The van der Waals surface area contributed by atoms with E-state index in [-0.39, 0.29) is 17.7 Å². The molecule has 2 aromatic carbocycles. The third-order valence-electron chi connectivity index (χ3n) is 6.06. The second kappa shape index (κ2) is 10.2. The molecule has 200 valence electrons. The minimum Gasteiger partial charge on any atom is -0.619 e. The van der Waals surface area contributed by atoms with Gasteiger partial charge in [0.05, 0.1) is 0 Å². The molecule has 0 aliphatic rings. The number of hydrogen-bond acceptors (Lipinski definition) is 3. The lowest BCUT2D eigenvalue weighted by atomic mass is 9.83. The van der Waals surface area contributed by atoms with Crippen molar-refractivity contribution in [2.45, 2.75) is 50.8 Å². The van der Waals surface area contributed by atoms with E-state index in [2.05, 4.69) is 4.74 Å². The van der Waals surface area contributed by atoms with Gasteiger partial charge in [0, 0.05) is 23.1 Å². The molecule has 3 aromatic rings. The highest BCUT2D eigenvalue weighted by molar-refractivity contribution is 5.44. The van der Waals surface area contributed by atoms with Gasteiger partial charge in [-0.25, -0.2) is 0 Å². The zero-order valence-corrected chi connectivity index (χ0v) is 19.4. The predicted octanol–water partition coefficient (Wildman–Crippen LogP) is 6.23. The van der Waals surface area contributed by atoms with E-state index in [1.807, 2.05) is 0 Å². The Labute approximate surface area is 206 Å². The van der Waals surface area contributed by atoms with Crippen LogP contribution in [-0.4, -0.2) is 24.1 Å². The average molecular weight is 535 g/mol. The molecule has 0 aliphatic heterocycles. The van der Waals surface area contributed by atoms with Crippen molar-refractivity contribution < 1.29 is 49.7 Å². The number of hydrogen-bond donors (Lipinski definition) is 1. The maximum absolute atomic E-state index is 13.3. The Balaban J connectivity index is 2.13. The van der Waals surface area contributed by atoms with Gasteiger partial charge < -0.3 is 15.1 Å². The molecule has 0 aliphatic carbocycles.